The third kappa shape index (κ3) is 3.93. The highest BCUT2D eigenvalue weighted by Crippen LogP contribution is 2.15. The van der Waals surface area contributed by atoms with E-state index in [0.29, 0.717) is 25.4 Å². The van der Waals surface area contributed by atoms with E-state index in [9.17, 15) is 14.0 Å². The molecule has 0 radical (unpaired) electrons. The first-order valence-electron chi connectivity index (χ1n) is 8.35. The number of likely N-dealkylation sites (tertiary alicyclic amines) is 1. The maximum Gasteiger partial charge on any atom is 0.274 e. The summed E-state index contributed by atoms with van der Waals surface area (Å²) in [5.41, 5.74) is 0.210. The van der Waals surface area contributed by atoms with Crippen LogP contribution in [0.5, 0.6) is 0 Å². The van der Waals surface area contributed by atoms with Crippen LogP contribution in [0.3, 0.4) is 0 Å². The van der Waals surface area contributed by atoms with Crippen molar-refractivity contribution in [1.29, 1.82) is 0 Å². The van der Waals surface area contributed by atoms with Crippen LogP contribution < -0.4 is 5.56 Å². The van der Waals surface area contributed by atoms with Gasteiger partial charge in [-0.3, -0.25) is 9.59 Å². The standard InChI is InChI=1S/C18H20FN3O3/c1-2-25-15-4-3-11-21(12-15)18(24)16-9-10-17(23)22(20-16)14-7-5-13(19)6-8-14/h5-10,15H,2-4,11-12H2,1H3. The second-order valence-corrected chi connectivity index (χ2v) is 5.92. The van der Waals surface area contributed by atoms with E-state index in [-0.39, 0.29) is 23.3 Å². The van der Waals surface area contributed by atoms with Crippen LogP contribution in [0.1, 0.15) is 30.3 Å². The molecule has 1 unspecified atom stereocenters. The van der Waals surface area contributed by atoms with Gasteiger partial charge >= 0.3 is 0 Å². The van der Waals surface area contributed by atoms with Gasteiger partial charge in [-0.25, -0.2) is 4.39 Å². The van der Waals surface area contributed by atoms with Gasteiger partial charge in [-0.1, -0.05) is 0 Å². The molecule has 132 valence electrons. The van der Waals surface area contributed by atoms with Crippen molar-refractivity contribution in [1.82, 2.24) is 14.7 Å². The van der Waals surface area contributed by atoms with Crippen LogP contribution in [0.4, 0.5) is 4.39 Å². The fourth-order valence-electron chi connectivity index (χ4n) is 2.95. The van der Waals surface area contributed by atoms with E-state index in [1.54, 1.807) is 4.90 Å². The summed E-state index contributed by atoms with van der Waals surface area (Å²) in [6.45, 7) is 3.70. The molecule has 0 bridgehead atoms. The monoisotopic (exact) mass is 345 g/mol. The molecule has 0 aliphatic carbocycles. The number of benzene rings is 1. The number of carbonyl (C=O) groups excluding carboxylic acids is 1. The summed E-state index contributed by atoms with van der Waals surface area (Å²) in [6, 6.07) is 8.11. The van der Waals surface area contributed by atoms with E-state index in [4.69, 9.17) is 4.74 Å². The minimum atomic E-state index is -0.403. The van der Waals surface area contributed by atoms with Crippen LogP contribution in [-0.2, 0) is 4.74 Å². The average Bonchev–Trinajstić information content (AvgIpc) is 2.63. The Morgan fingerprint density at radius 3 is 2.76 bits per heavy atom. The summed E-state index contributed by atoms with van der Waals surface area (Å²) < 4.78 is 19.8. The quantitative estimate of drug-likeness (QED) is 0.850. The molecule has 2 heterocycles. The second kappa shape index (κ2) is 7.57. The first-order chi connectivity index (χ1) is 12.1. The zero-order valence-corrected chi connectivity index (χ0v) is 14.0. The van der Waals surface area contributed by atoms with Gasteiger partial charge in [-0.05, 0) is 50.1 Å². The molecule has 1 atom stereocenters. The van der Waals surface area contributed by atoms with Crippen molar-refractivity contribution >= 4 is 5.91 Å². The van der Waals surface area contributed by atoms with Gasteiger partial charge in [0.2, 0.25) is 0 Å². The van der Waals surface area contributed by atoms with Crippen molar-refractivity contribution in [3.8, 4) is 5.69 Å². The lowest BCUT2D eigenvalue weighted by Crippen LogP contribution is -2.44. The highest BCUT2D eigenvalue weighted by Gasteiger charge is 2.26. The molecule has 1 amide bonds. The van der Waals surface area contributed by atoms with Crippen molar-refractivity contribution in [3.05, 3.63) is 58.3 Å². The zero-order valence-electron chi connectivity index (χ0n) is 14.0. The van der Waals surface area contributed by atoms with Gasteiger partial charge in [0.05, 0.1) is 11.8 Å². The molecule has 1 aliphatic rings. The molecule has 0 saturated carbocycles. The Morgan fingerprint density at radius 1 is 1.28 bits per heavy atom. The third-order valence-electron chi connectivity index (χ3n) is 4.16. The normalized spacial score (nSPS) is 17.5. The zero-order chi connectivity index (χ0) is 17.8. The first-order valence-corrected chi connectivity index (χ1v) is 8.35. The van der Waals surface area contributed by atoms with Gasteiger partial charge in [-0.2, -0.15) is 9.78 Å². The van der Waals surface area contributed by atoms with E-state index >= 15 is 0 Å². The SMILES string of the molecule is CCOC1CCCN(C(=O)c2ccc(=O)n(-c3ccc(F)cc3)n2)C1. The molecule has 1 fully saturated rings. The van der Waals surface area contributed by atoms with Crippen LogP contribution in [0.2, 0.25) is 0 Å². The van der Waals surface area contributed by atoms with Crippen molar-refractivity contribution < 1.29 is 13.9 Å². The predicted molar refractivity (Wildman–Crippen MR) is 90.3 cm³/mol. The molecule has 1 aromatic heterocycles. The molecule has 7 heteroatoms. The fourth-order valence-corrected chi connectivity index (χ4v) is 2.95. The maximum atomic E-state index is 13.1. The minimum absolute atomic E-state index is 0.0331. The Bertz CT molecular complexity index is 802. The number of ether oxygens (including phenoxy) is 1. The lowest BCUT2D eigenvalue weighted by atomic mass is 10.1. The topological polar surface area (TPSA) is 64.4 Å². The molecular weight excluding hydrogens is 325 g/mol. The average molecular weight is 345 g/mol. The van der Waals surface area contributed by atoms with E-state index < -0.39 is 5.82 Å². The van der Waals surface area contributed by atoms with Crippen molar-refractivity contribution in [2.24, 2.45) is 0 Å². The number of amides is 1. The second-order valence-electron chi connectivity index (χ2n) is 5.92. The van der Waals surface area contributed by atoms with Gasteiger partial charge in [0.1, 0.15) is 11.5 Å². The van der Waals surface area contributed by atoms with Crippen molar-refractivity contribution in [2.75, 3.05) is 19.7 Å². The number of nitrogens with zero attached hydrogens (tertiary/aromatic N) is 3. The highest BCUT2D eigenvalue weighted by molar-refractivity contribution is 5.92. The van der Waals surface area contributed by atoms with Gasteiger partial charge in [0, 0.05) is 25.8 Å². The Balaban J connectivity index is 1.85. The number of piperidine rings is 1. The van der Waals surface area contributed by atoms with Crippen LogP contribution in [0.15, 0.2) is 41.2 Å². The molecular formula is C18H20FN3O3. The number of hydrogen-bond donors (Lipinski definition) is 0. The van der Waals surface area contributed by atoms with Crippen molar-refractivity contribution in [2.45, 2.75) is 25.9 Å². The smallest absolute Gasteiger partial charge is 0.274 e. The van der Waals surface area contributed by atoms with Crippen LogP contribution in [-0.4, -0.2) is 46.4 Å². The lowest BCUT2D eigenvalue weighted by Gasteiger charge is -2.32. The summed E-state index contributed by atoms with van der Waals surface area (Å²) in [4.78, 5) is 26.5. The van der Waals surface area contributed by atoms with E-state index in [0.717, 1.165) is 17.5 Å². The minimum Gasteiger partial charge on any atom is -0.377 e. The fraction of sp³-hybridized carbons (Fsp3) is 0.389. The number of halogens is 1. The van der Waals surface area contributed by atoms with Crippen LogP contribution in [0.25, 0.3) is 5.69 Å². The van der Waals surface area contributed by atoms with Gasteiger partial charge < -0.3 is 9.64 Å². The largest absolute Gasteiger partial charge is 0.377 e. The Hall–Kier alpha value is -2.54. The summed E-state index contributed by atoms with van der Waals surface area (Å²) in [5.74, 6) is -0.639. The van der Waals surface area contributed by atoms with Gasteiger partial charge in [-0.15, -0.1) is 0 Å². The summed E-state index contributed by atoms with van der Waals surface area (Å²) in [7, 11) is 0. The Morgan fingerprint density at radius 2 is 2.04 bits per heavy atom. The van der Waals surface area contributed by atoms with Crippen molar-refractivity contribution in [3.63, 3.8) is 0 Å². The van der Waals surface area contributed by atoms with E-state index in [1.807, 2.05) is 6.92 Å². The van der Waals surface area contributed by atoms with Gasteiger partial charge in [0.25, 0.3) is 11.5 Å². The Kier molecular flexibility index (Phi) is 5.23. The van der Waals surface area contributed by atoms with Crippen LogP contribution >= 0.6 is 0 Å². The first kappa shape index (κ1) is 17.3. The molecule has 0 spiro atoms. The van der Waals surface area contributed by atoms with Gasteiger partial charge in [0.15, 0.2) is 0 Å². The Labute approximate surface area is 144 Å². The molecule has 3 rings (SSSR count). The van der Waals surface area contributed by atoms with E-state index in [2.05, 4.69) is 5.10 Å². The molecule has 1 aromatic carbocycles. The molecule has 1 aliphatic heterocycles. The third-order valence-corrected chi connectivity index (χ3v) is 4.16. The maximum absolute atomic E-state index is 13.1. The number of carbonyl (C=O) groups is 1. The molecule has 0 N–H and O–H groups in total. The predicted octanol–water partition coefficient (Wildman–Crippen LogP) is 2.01. The summed E-state index contributed by atoms with van der Waals surface area (Å²) >= 11 is 0. The summed E-state index contributed by atoms with van der Waals surface area (Å²) in [5, 5.41) is 4.17. The molecule has 25 heavy (non-hydrogen) atoms. The highest BCUT2D eigenvalue weighted by atomic mass is 19.1. The number of hydrogen-bond acceptors (Lipinski definition) is 4. The molecule has 6 nitrogen and oxygen atoms in total. The van der Waals surface area contributed by atoms with E-state index in [1.165, 1.54) is 36.4 Å². The van der Waals surface area contributed by atoms with Crippen LogP contribution in [0, 0.1) is 5.82 Å². The summed E-state index contributed by atoms with van der Waals surface area (Å²) in [6.07, 6.45) is 1.83. The lowest BCUT2D eigenvalue weighted by molar-refractivity contribution is 0.00696. The number of aromatic nitrogens is 2. The molecule has 2 aromatic rings. The molecule has 1 saturated heterocycles. The number of rotatable bonds is 4.